The zero-order valence-corrected chi connectivity index (χ0v) is 19.3. The summed E-state index contributed by atoms with van der Waals surface area (Å²) >= 11 is 1.42. The Morgan fingerprint density at radius 1 is 1.13 bits per heavy atom. The molecule has 0 N–H and O–H groups in total. The summed E-state index contributed by atoms with van der Waals surface area (Å²) < 4.78 is 39.0. The molecule has 31 heavy (non-hydrogen) atoms. The number of carbonyl (C=O) groups excluding carboxylic acids is 1. The number of hydrogen-bond donors (Lipinski definition) is 0. The predicted molar refractivity (Wildman–Crippen MR) is 122 cm³/mol. The Hall–Kier alpha value is -2.62. The van der Waals surface area contributed by atoms with Crippen molar-refractivity contribution in [2.24, 2.45) is 0 Å². The molecular formula is C22H24N2O5S2. The number of anilines is 1. The summed E-state index contributed by atoms with van der Waals surface area (Å²) in [4.78, 5) is 15.4. The lowest BCUT2D eigenvalue weighted by atomic mass is 10.2. The van der Waals surface area contributed by atoms with Crippen LogP contribution in [0.1, 0.15) is 15.2 Å². The van der Waals surface area contributed by atoms with E-state index < -0.39 is 10.0 Å². The summed E-state index contributed by atoms with van der Waals surface area (Å²) in [5, 5.41) is 0.840. The molecule has 0 atom stereocenters. The first-order chi connectivity index (χ1) is 14.8. The molecule has 0 spiro atoms. The second-order valence-electron chi connectivity index (χ2n) is 7.34. The van der Waals surface area contributed by atoms with Gasteiger partial charge in [0.25, 0.3) is 15.9 Å². The maximum absolute atomic E-state index is 13.2. The molecule has 2 aromatic carbocycles. The number of thiophene rings is 1. The molecule has 1 amide bonds. The van der Waals surface area contributed by atoms with Crippen LogP contribution in [0.5, 0.6) is 5.75 Å². The van der Waals surface area contributed by atoms with Crippen molar-refractivity contribution in [1.29, 1.82) is 0 Å². The zero-order valence-electron chi connectivity index (χ0n) is 17.6. The number of fused-ring (bicyclic) bond motifs is 1. The molecular weight excluding hydrogens is 436 g/mol. The van der Waals surface area contributed by atoms with Gasteiger partial charge in [0.2, 0.25) is 0 Å². The highest BCUT2D eigenvalue weighted by atomic mass is 32.2. The van der Waals surface area contributed by atoms with Gasteiger partial charge in [0.1, 0.15) is 5.75 Å². The first-order valence-corrected chi connectivity index (χ1v) is 12.1. The summed E-state index contributed by atoms with van der Waals surface area (Å²) in [7, 11) is -0.660. The lowest BCUT2D eigenvalue weighted by Crippen LogP contribution is -2.40. The average Bonchev–Trinajstić information content (AvgIpc) is 3.22. The topological polar surface area (TPSA) is 76.2 Å². The van der Waals surface area contributed by atoms with E-state index in [1.165, 1.54) is 22.7 Å². The Labute approximate surface area is 185 Å². The largest absolute Gasteiger partial charge is 0.496 e. The Bertz CT molecular complexity index is 1230. The number of morpholine rings is 1. The minimum atomic E-state index is -3.74. The molecule has 0 bridgehead atoms. The summed E-state index contributed by atoms with van der Waals surface area (Å²) in [6.45, 7) is 4.08. The summed E-state index contributed by atoms with van der Waals surface area (Å²) in [6, 6.07) is 12.1. The molecule has 1 saturated heterocycles. The Balaban J connectivity index is 1.63. The number of methoxy groups -OCH3 is 1. The first kappa shape index (κ1) is 21.6. The van der Waals surface area contributed by atoms with Crippen LogP contribution in [0.25, 0.3) is 10.1 Å². The van der Waals surface area contributed by atoms with Gasteiger partial charge >= 0.3 is 0 Å². The highest BCUT2D eigenvalue weighted by Gasteiger charge is 2.24. The van der Waals surface area contributed by atoms with E-state index in [0.717, 1.165) is 15.6 Å². The minimum absolute atomic E-state index is 0.0132. The molecule has 2 heterocycles. The summed E-state index contributed by atoms with van der Waals surface area (Å²) in [5.74, 6) is 0.625. The van der Waals surface area contributed by atoms with Crippen LogP contribution in [-0.2, 0) is 14.8 Å². The standard InChI is InChI=1S/C22H24N2O5S2/c1-15-12-18(5-6-19(15)28-3)31(26,27)23(2)17-4-7-20-16(13-17)14-21(30-20)22(25)24-8-10-29-11-9-24/h4-7,12-14H,8-11H2,1-3H3. The van der Waals surface area contributed by atoms with Gasteiger partial charge in [-0.3, -0.25) is 9.10 Å². The number of ether oxygens (including phenoxy) is 2. The second kappa shape index (κ2) is 8.49. The van der Waals surface area contributed by atoms with E-state index in [4.69, 9.17) is 9.47 Å². The number of carbonyl (C=O) groups is 1. The van der Waals surface area contributed by atoms with Gasteiger partial charge in [0.05, 0.1) is 35.8 Å². The molecule has 1 aromatic heterocycles. The molecule has 164 valence electrons. The van der Waals surface area contributed by atoms with Crippen molar-refractivity contribution < 1.29 is 22.7 Å². The molecule has 1 fully saturated rings. The van der Waals surface area contributed by atoms with Gasteiger partial charge in [-0.05, 0) is 60.3 Å². The zero-order chi connectivity index (χ0) is 22.2. The van der Waals surface area contributed by atoms with Crippen molar-refractivity contribution in [3.63, 3.8) is 0 Å². The van der Waals surface area contributed by atoms with Gasteiger partial charge in [-0.15, -0.1) is 11.3 Å². The van der Waals surface area contributed by atoms with Crippen LogP contribution in [-0.4, -0.2) is 59.7 Å². The van der Waals surface area contributed by atoms with Gasteiger partial charge in [-0.1, -0.05) is 0 Å². The smallest absolute Gasteiger partial charge is 0.264 e. The number of sulfonamides is 1. The number of nitrogens with zero attached hydrogens (tertiary/aromatic N) is 2. The summed E-state index contributed by atoms with van der Waals surface area (Å²) in [6.07, 6.45) is 0. The van der Waals surface area contributed by atoms with Crippen LogP contribution in [0.4, 0.5) is 5.69 Å². The molecule has 1 aliphatic heterocycles. The third-order valence-electron chi connectivity index (χ3n) is 5.40. The van der Waals surface area contributed by atoms with Crippen molar-refractivity contribution in [1.82, 2.24) is 4.90 Å². The van der Waals surface area contributed by atoms with Crippen LogP contribution in [0.3, 0.4) is 0 Å². The number of rotatable bonds is 5. The fraction of sp³-hybridized carbons (Fsp3) is 0.318. The van der Waals surface area contributed by atoms with Crippen molar-refractivity contribution in [3.05, 3.63) is 52.9 Å². The molecule has 9 heteroatoms. The summed E-state index contributed by atoms with van der Waals surface area (Å²) in [5.41, 5.74) is 1.28. The lowest BCUT2D eigenvalue weighted by molar-refractivity contribution is 0.0306. The van der Waals surface area contributed by atoms with Crippen LogP contribution < -0.4 is 9.04 Å². The molecule has 0 saturated carbocycles. The van der Waals surface area contributed by atoms with Crippen LogP contribution in [0.15, 0.2) is 47.4 Å². The van der Waals surface area contributed by atoms with Gasteiger partial charge in [0.15, 0.2) is 0 Å². The minimum Gasteiger partial charge on any atom is -0.496 e. The van der Waals surface area contributed by atoms with Crippen molar-refractivity contribution in [3.8, 4) is 5.75 Å². The second-order valence-corrected chi connectivity index (χ2v) is 10.4. The quantitative estimate of drug-likeness (QED) is 0.582. The predicted octanol–water partition coefficient (Wildman–Crippen LogP) is 3.52. The molecule has 4 rings (SSSR count). The third kappa shape index (κ3) is 4.13. The van der Waals surface area contributed by atoms with Gasteiger partial charge in [-0.25, -0.2) is 8.42 Å². The Morgan fingerprint density at radius 2 is 1.87 bits per heavy atom. The Morgan fingerprint density at radius 3 is 2.55 bits per heavy atom. The maximum atomic E-state index is 13.2. The van der Waals surface area contributed by atoms with Crippen LogP contribution >= 0.6 is 11.3 Å². The Kier molecular flexibility index (Phi) is 5.92. The SMILES string of the molecule is COc1ccc(S(=O)(=O)N(C)c2ccc3sc(C(=O)N4CCOCC4)cc3c2)cc1C. The van der Waals surface area contributed by atoms with E-state index in [1.807, 2.05) is 19.1 Å². The molecule has 3 aromatic rings. The highest BCUT2D eigenvalue weighted by Crippen LogP contribution is 2.32. The first-order valence-electron chi connectivity index (χ1n) is 9.85. The monoisotopic (exact) mass is 460 g/mol. The number of hydrogen-bond acceptors (Lipinski definition) is 6. The van der Waals surface area contributed by atoms with Gasteiger partial charge < -0.3 is 14.4 Å². The number of benzene rings is 2. The maximum Gasteiger partial charge on any atom is 0.264 e. The van der Waals surface area contributed by atoms with Crippen LogP contribution in [0, 0.1) is 6.92 Å². The van der Waals surface area contributed by atoms with E-state index in [-0.39, 0.29) is 10.8 Å². The highest BCUT2D eigenvalue weighted by molar-refractivity contribution is 7.92. The third-order valence-corrected chi connectivity index (χ3v) is 8.28. The van der Waals surface area contributed by atoms with Crippen molar-refractivity contribution in [2.45, 2.75) is 11.8 Å². The molecule has 1 aliphatic rings. The molecule has 7 nitrogen and oxygen atoms in total. The fourth-order valence-electron chi connectivity index (χ4n) is 3.56. The number of aryl methyl sites for hydroxylation is 1. The fourth-order valence-corrected chi connectivity index (χ4v) is 5.85. The van der Waals surface area contributed by atoms with E-state index in [1.54, 1.807) is 42.3 Å². The molecule has 0 aliphatic carbocycles. The van der Waals surface area contributed by atoms with Gasteiger partial charge in [0, 0.05) is 24.8 Å². The average molecular weight is 461 g/mol. The van der Waals surface area contributed by atoms with E-state index >= 15 is 0 Å². The van der Waals surface area contributed by atoms with Gasteiger partial charge in [-0.2, -0.15) is 0 Å². The molecule has 0 unspecified atom stereocenters. The lowest BCUT2D eigenvalue weighted by Gasteiger charge is -2.26. The van der Waals surface area contributed by atoms with E-state index in [2.05, 4.69) is 0 Å². The number of amides is 1. The normalized spacial score (nSPS) is 14.6. The van der Waals surface area contributed by atoms with E-state index in [0.29, 0.717) is 42.6 Å². The van der Waals surface area contributed by atoms with Crippen molar-refractivity contribution in [2.75, 3.05) is 44.8 Å². The van der Waals surface area contributed by atoms with Crippen LogP contribution in [0.2, 0.25) is 0 Å². The molecule has 0 radical (unpaired) electrons. The van der Waals surface area contributed by atoms with E-state index in [9.17, 15) is 13.2 Å². The van der Waals surface area contributed by atoms with Crippen molar-refractivity contribution >= 4 is 43.0 Å².